The molecule has 0 unspecified atom stereocenters. The first kappa shape index (κ1) is 15.5. The number of hydrogen-bond donors (Lipinski definition) is 0. The van der Waals surface area contributed by atoms with Crippen LogP contribution in [0.1, 0.15) is 13.8 Å². The van der Waals surface area contributed by atoms with Gasteiger partial charge in [0.15, 0.2) is 5.76 Å². The van der Waals surface area contributed by atoms with Crippen molar-refractivity contribution in [2.75, 3.05) is 13.1 Å². The van der Waals surface area contributed by atoms with Crippen molar-refractivity contribution in [1.29, 1.82) is 0 Å². The summed E-state index contributed by atoms with van der Waals surface area (Å²) in [5.41, 5.74) is 0.583. The molecule has 1 heterocycles. The highest BCUT2D eigenvalue weighted by Gasteiger charge is 2.16. The van der Waals surface area contributed by atoms with Gasteiger partial charge in [-0.05, 0) is 31.1 Å². The lowest BCUT2D eigenvalue weighted by Crippen LogP contribution is -2.33. The second-order valence-corrected chi connectivity index (χ2v) is 4.37. The van der Waals surface area contributed by atoms with Crippen molar-refractivity contribution in [1.82, 2.24) is 10.1 Å². The van der Waals surface area contributed by atoms with Crippen LogP contribution >= 0.6 is 0 Å². The second kappa shape index (κ2) is 6.70. The predicted octanol–water partition coefficient (Wildman–Crippen LogP) is 3.09. The number of non-ortho nitro benzene ring substituents is 1. The van der Waals surface area contributed by atoms with Gasteiger partial charge in [-0.25, -0.2) is 4.79 Å². The minimum Gasteiger partial charge on any atom is -0.388 e. The quantitative estimate of drug-likeness (QED) is 0.621. The van der Waals surface area contributed by atoms with Crippen LogP contribution < -0.4 is 4.74 Å². The fourth-order valence-electron chi connectivity index (χ4n) is 1.83. The summed E-state index contributed by atoms with van der Waals surface area (Å²) in [6.07, 6.45) is -0.506. The Morgan fingerprint density at radius 3 is 2.50 bits per heavy atom. The fraction of sp³-hybridized carbons (Fsp3) is 0.286. The van der Waals surface area contributed by atoms with Crippen molar-refractivity contribution < 1.29 is 19.0 Å². The van der Waals surface area contributed by atoms with Crippen LogP contribution in [0.3, 0.4) is 0 Å². The van der Waals surface area contributed by atoms with Crippen LogP contribution in [0.5, 0.6) is 5.88 Å². The van der Waals surface area contributed by atoms with Gasteiger partial charge in [-0.3, -0.25) is 10.1 Å². The lowest BCUT2D eigenvalue weighted by molar-refractivity contribution is -0.384. The Kier molecular flexibility index (Phi) is 4.72. The molecule has 8 nitrogen and oxygen atoms in total. The molecule has 0 spiro atoms. The molecule has 1 aromatic heterocycles. The molecule has 0 aliphatic rings. The molecule has 0 fully saturated rings. The van der Waals surface area contributed by atoms with E-state index in [0.29, 0.717) is 24.4 Å². The number of carbonyl (C=O) groups excluding carboxylic acids is 1. The number of nitro benzene ring substituents is 1. The Morgan fingerprint density at radius 2 is 1.95 bits per heavy atom. The highest BCUT2D eigenvalue weighted by atomic mass is 16.6. The number of nitrogens with zero attached hydrogens (tertiary/aromatic N) is 3. The molecule has 0 radical (unpaired) electrons. The molecule has 0 N–H and O–H groups in total. The normalized spacial score (nSPS) is 10.3. The van der Waals surface area contributed by atoms with Crippen molar-refractivity contribution in [3.05, 3.63) is 40.4 Å². The van der Waals surface area contributed by atoms with Gasteiger partial charge in [0.1, 0.15) is 0 Å². The van der Waals surface area contributed by atoms with Crippen molar-refractivity contribution in [2.45, 2.75) is 13.8 Å². The van der Waals surface area contributed by atoms with E-state index in [9.17, 15) is 14.9 Å². The maximum Gasteiger partial charge on any atom is 0.416 e. The Bertz CT molecular complexity index is 661. The van der Waals surface area contributed by atoms with E-state index in [4.69, 9.17) is 9.26 Å². The van der Waals surface area contributed by atoms with Gasteiger partial charge in [0.2, 0.25) is 0 Å². The molecular weight excluding hydrogens is 290 g/mol. The van der Waals surface area contributed by atoms with Crippen LogP contribution in [0.2, 0.25) is 0 Å². The van der Waals surface area contributed by atoms with Gasteiger partial charge in [0.25, 0.3) is 11.6 Å². The molecule has 22 heavy (non-hydrogen) atoms. The van der Waals surface area contributed by atoms with Crippen LogP contribution in [0.4, 0.5) is 10.5 Å². The van der Waals surface area contributed by atoms with Crippen LogP contribution in [0, 0.1) is 10.1 Å². The first-order valence-corrected chi connectivity index (χ1v) is 6.73. The van der Waals surface area contributed by atoms with E-state index in [0.717, 1.165) is 0 Å². The summed E-state index contributed by atoms with van der Waals surface area (Å²) in [5, 5.41) is 14.3. The summed E-state index contributed by atoms with van der Waals surface area (Å²) in [5.74, 6) is 0.405. The molecule has 1 amide bonds. The number of ether oxygens (including phenoxy) is 1. The Morgan fingerprint density at radius 1 is 1.32 bits per heavy atom. The average Bonchev–Trinajstić information content (AvgIpc) is 2.97. The summed E-state index contributed by atoms with van der Waals surface area (Å²) in [6, 6.07) is 7.25. The third kappa shape index (κ3) is 3.40. The average molecular weight is 305 g/mol. The monoisotopic (exact) mass is 305 g/mol. The molecule has 116 valence electrons. The minimum atomic E-state index is -0.506. The Balaban J connectivity index is 2.11. The number of benzene rings is 1. The zero-order valence-corrected chi connectivity index (χ0v) is 12.2. The largest absolute Gasteiger partial charge is 0.416 e. The van der Waals surface area contributed by atoms with Crippen LogP contribution in [0.25, 0.3) is 11.3 Å². The molecule has 0 bridgehead atoms. The summed E-state index contributed by atoms with van der Waals surface area (Å²) in [6.45, 7) is 4.75. The molecule has 0 aliphatic heterocycles. The molecule has 0 saturated heterocycles. The van der Waals surface area contributed by atoms with Crippen molar-refractivity contribution in [3.8, 4) is 17.2 Å². The van der Waals surface area contributed by atoms with Gasteiger partial charge in [-0.15, -0.1) is 0 Å². The maximum atomic E-state index is 11.8. The van der Waals surface area contributed by atoms with E-state index in [-0.39, 0.29) is 11.6 Å². The summed E-state index contributed by atoms with van der Waals surface area (Å²) in [4.78, 5) is 23.4. The van der Waals surface area contributed by atoms with Gasteiger partial charge in [-0.2, -0.15) is 0 Å². The number of carbonyl (C=O) groups is 1. The van der Waals surface area contributed by atoms with Crippen molar-refractivity contribution in [3.63, 3.8) is 0 Å². The van der Waals surface area contributed by atoms with E-state index >= 15 is 0 Å². The smallest absolute Gasteiger partial charge is 0.388 e. The van der Waals surface area contributed by atoms with E-state index < -0.39 is 11.0 Å². The summed E-state index contributed by atoms with van der Waals surface area (Å²) >= 11 is 0. The number of hydrogen-bond acceptors (Lipinski definition) is 6. The molecule has 0 aliphatic carbocycles. The van der Waals surface area contributed by atoms with Crippen LogP contribution in [0.15, 0.2) is 34.9 Å². The molecule has 0 saturated carbocycles. The topological polar surface area (TPSA) is 98.7 Å². The SMILES string of the molecule is CCN(CC)C(=O)Oc1cc(-c2ccc([N+](=O)[O-])cc2)on1. The first-order valence-electron chi connectivity index (χ1n) is 6.73. The molecular formula is C14H15N3O5. The lowest BCUT2D eigenvalue weighted by atomic mass is 10.1. The van der Waals surface area contributed by atoms with Crippen molar-refractivity contribution >= 4 is 11.8 Å². The van der Waals surface area contributed by atoms with Gasteiger partial charge in [0.05, 0.1) is 11.0 Å². The third-order valence-electron chi connectivity index (χ3n) is 3.06. The fourth-order valence-corrected chi connectivity index (χ4v) is 1.83. The van der Waals surface area contributed by atoms with Gasteiger partial charge in [-0.1, -0.05) is 0 Å². The van der Waals surface area contributed by atoms with Crippen molar-refractivity contribution in [2.24, 2.45) is 0 Å². The molecule has 2 rings (SSSR count). The predicted molar refractivity (Wildman–Crippen MR) is 77.5 cm³/mol. The molecule has 0 atom stereocenters. The van der Waals surface area contributed by atoms with E-state index in [2.05, 4.69) is 5.16 Å². The first-order chi connectivity index (χ1) is 10.5. The molecule has 2 aromatic rings. The molecule has 1 aromatic carbocycles. The lowest BCUT2D eigenvalue weighted by Gasteiger charge is -2.16. The van der Waals surface area contributed by atoms with Gasteiger partial charge in [0, 0.05) is 30.8 Å². The highest BCUT2D eigenvalue weighted by molar-refractivity contribution is 5.70. The summed E-state index contributed by atoms with van der Waals surface area (Å²) < 4.78 is 10.2. The Labute approximate surface area is 126 Å². The highest BCUT2D eigenvalue weighted by Crippen LogP contribution is 2.25. The van der Waals surface area contributed by atoms with Gasteiger partial charge < -0.3 is 14.2 Å². The van der Waals surface area contributed by atoms with Crippen LogP contribution in [-0.4, -0.2) is 34.2 Å². The van der Waals surface area contributed by atoms with E-state index in [1.54, 1.807) is 0 Å². The van der Waals surface area contributed by atoms with Gasteiger partial charge >= 0.3 is 6.09 Å². The molecule has 8 heteroatoms. The van der Waals surface area contributed by atoms with Crippen LogP contribution in [-0.2, 0) is 0 Å². The maximum absolute atomic E-state index is 11.8. The van der Waals surface area contributed by atoms with E-state index in [1.165, 1.54) is 35.2 Å². The number of amides is 1. The third-order valence-corrected chi connectivity index (χ3v) is 3.06. The van der Waals surface area contributed by atoms with E-state index in [1.807, 2.05) is 13.8 Å². The standard InChI is InChI=1S/C14H15N3O5/c1-3-16(4-2)14(18)21-13-9-12(22-15-13)10-5-7-11(8-6-10)17(19)20/h5-9H,3-4H2,1-2H3. The summed E-state index contributed by atoms with van der Waals surface area (Å²) in [7, 11) is 0. The number of aromatic nitrogens is 1. The second-order valence-electron chi connectivity index (χ2n) is 4.37. The Hall–Kier alpha value is -2.90. The number of rotatable bonds is 5. The number of nitro groups is 1. The zero-order chi connectivity index (χ0) is 16.1. The minimum absolute atomic E-state index is 0.0172. The zero-order valence-electron chi connectivity index (χ0n) is 12.2.